The molecule has 290 valence electrons. The van der Waals surface area contributed by atoms with E-state index in [1.165, 1.54) is 107 Å². The third kappa shape index (κ3) is 4.22. The Labute approximate surface area is 342 Å². The van der Waals surface area contributed by atoms with Crippen molar-refractivity contribution in [3.05, 3.63) is 137 Å². The first-order chi connectivity index (χ1) is 27.2. The molecule has 4 fully saturated rings. The van der Waals surface area contributed by atoms with E-state index in [1.54, 1.807) is 16.7 Å². The van der Waals surface area contributed by atoms with Crippen LogP contribution in [0.5, 0.6) is 0 Å². The molecule has 0 radical (unpaired) electrons. The lowest BCUT2D eigenvalue weighted by Crippen LogP contribution is -2.73. The SMILES string of the molecule is CC1(C)CCC(C)(C)c2c(-c3ccc(N(c4ccc5c(c4)C4(c6ccccc6-5)C5CC6CC7CC4C75C6)c4cccc5c4C(C)(C)CCC5(C)C)cc3)cccc21. The van der Waals surface area contributed by atoms with Gasteiger partial charge in [-0.25, -0.2) is 0 Å². The van der Waals surface area contributed by atoms with E-state index in [1.807, 2.05) is 0 Å². The van der Waals surface area contributed by atoms with Crippen molar-refractivity contribution in [3.63, 3.8) is 0 Å². The highest BCUT2D eigenvalue weighted by Gasteiger charge is 2.84. The van der Waals surface area contributed by atoms with E-state index in [0.29, 0.717) is 5.41 Å². The summed E-state index contributed by atoms with van der Waals surface area (Å²) < 4.78 is 0. The van der Waals surface area contributed by atoms with Crippen molar-refractivity contribution < 1.29 is 0 Å². The Morgan fingerprint density at radius 2 is 1.05 bits per heavy atom. The number of hydrogen-bond acceptors (Lipinski definition) is 1. The molecule has 7 aliphatic carbocycles. The third-order valence-electron chi connectivity index (χ3n) is 18.2. The van der Waals surface area contributed by atoms with Gasteiger partial charge in [0.1, 0.15) is 0 Å². The van der Waals surface area contributed by atoms with E-state index in [2.05, 4.69) is 163 Å². The molecule has 2 spiro atoms. The molecule has 12 rings (SSSR count). The van der Waals surface area contributed by atoms with Crippen LogP contribution in [0.1, 0.15) is 140 Å². The van der Waals surface area contributed by atoms with E-state index in [0.717, 1.165) is 23.7 Å². The zero-order valence-electron chi connectivity index (χ0n) is 35.7. The minimum Gasteiger partial charge on any atom is -0.310 e. The van der Waals surface area contributed by atoms with Crippen LogP contribution in [0.2, 0.25) is 0 Å². The van der Waals surface area contributed by atoms with Crippen LogP contribution in [-0.2, 0) is 27.1 Å². The summed E-state index contributed by atoms with van der Waals surface area (Å²) in [5.74, 6) is 3.54. The number of anilines is 3. The maximum absolute atomic E-state index is 2.70. The Kier molecular flexibility index (Phi) is 6.69. The number of nitrogens with zero attached hydrogens (tertiary/aromatic N) is 1. The average molecular weight is 748 g/mol. The largest absolute Gasteiger partial charge is 0.310 e. The van der Waals surface area contributed by atoms with Crippen molar-refractivity contribution in [2.75, 3.05) is 4.90 Å². The lowest BCUT2D eigenvalue weighted by atomic mass is 9.27. The predicted octanol–water partition coefficient (Wildman–Crippen LogP) is 14.9. The highest BCUT2D eigenvalue weighted by atomic mass is 15.1. The molecule has 57 heavy (non-hydrogen) atoms. The van der Waals surface area contributed by atoms with Gasteiger partial charge < -0.3 is 4.90 Å². The number of rotatable bonds is 4. The van der Waals surface area contributed by atoms with Crippen LogP contribution < -0.4 is 4.90 Å². The van der Waals surface area contributed by atoms with Crippen molar-refractivity contribution in [3.8, 4) is 22.3 Å². The van der Waals surface area contributed by atoms with Crippen molar-refractivity contribution >= 4 is 17.1 Å². The molecule has 0 heterocycles. The number of benzene rings is 5. The second-order valence-electron chi connectivity index (χ2n) is 22.7. The molecule has 2 bridgehead atoms. The molecule has 0 saturated heterocycles. The number of hydrogen-bond donors (Lipinski definition) is 0. The van der Waals surface area contributed by atoms with Crippen molar-refractivity contribution in [2.24, 2.45) is 29.1 Å². The number of fused-ring (bicyclic) bond motifs is 10. The van der Waals surface area contributed by atoms with Crippen LogP contribution >= 0.6 is 0 Å². The van der Waals surface area contributed by atoms with Crippen LogP contribution in [0.25, 0.3) is 22.3 Å². The molecule has 5 aromatic rings. The Morgan fingerprint density at radius 1 is 0.474 bits per heavy atom. The second-order valence-corrected chi connectivity index (χ2v) is 22.7. The van der Waals surface area contributed by atoms with E-state index in [4.69, 9.17) is 0 Å². The van der Waals surface area contributed by atoms with E-state index < -0.39 is 0 Å². The second kappa shape index (κ2) is 10.9. The Balaban J connectivity index is 1.05. The lowest BCUT2D eigenvalue weighted by Gasteiger charge is -2.76. The molecule has 5 aromatic carbocycles. The summed E-state index contributed by atoms with van der Waals surface area (Å²) in [7, 11) is 0. The molecule has 0 N–H and O–H groups in total. The summed E-state index contributed by atoms with van der Waals surface area (Å²) in [6, 6.07) is 41.4. The Hall–Kier alpha value is -4.10. The topological polar surface area (TPSA) is 3.24 Å². The van der Waals surface area contributed by atoms with Gasteiger partial charge in [-0.1, -0.05) is 128 Å². The van der Waals surface area contributed by atoms with Gasteiger partial charge in [-0.05, 0) is 188 Å². The molecule has 1 heteroatoms. The van der Waals surface area contributed by atoms with Crippen molar-refractivity contribution in [1.82, 2.24) is 0 Å². The highest BCUT2D eigenvalue weighted by molar-refractivity contribution is 5.89. The predicted molar refractivity (Wildman–Crippen MR) is 238 cm³/mol. The Morgan fingerprint density at radius 3 is 1.79 bits per heavy atom. The molecule has 7 aliphatic rings. The standard InChI is InChI=1S/C56H61N/c1-51(2)25-27-53(5,6)49-39(14-11-16-43(49)51)35-19-21-37(22-20-35)57(46-18-12-17-44-50(46)54(7,8)28-26-52(44,3)4)38-23-24-41-40-13-9-10-15-42(40)56(45(41)32-38)47-30-34-29-36-31-48(56)55(36,47)33-34/h9-24,32,34,36,47-48H,25-31,33H2,1-8H3. The maximum Gasteiger partial charge on any atom is 0.0502 e. The van der Waals surface area contributed by atoms with Crippen LogP contribution in [-0.4, -0.2) is 0 Å². The molecule has 6 unspecified atom stereocenters. The fourth-order valence-electron chi connectivity index (χ4n) is 15.5. The smallest absolute Gasteiger partial charge is 0.0502 e. The molecule has 4 saturated carbocycles. The zero-order valence-corrected chi connectivity index (χ0v) is 35.7. The summed E-state index contributed by atoms with van der Waals surface area (Å²) in [4.78, 5) is 2.68. The minimum absolute atomic E-state index is 0.0691. The van der Waals surface area contributed by atoms with Gasteiger partial charge in [-0.3, -0.25) is 0 Å². The first-order valence-corrected chi connectivity index (χ1v) is 22.6. The van der Waals surface area contributed by atoms with Gasteiger partial charge in [0.05, 0.1) is 5.69 Å². The van der Waals surface area contributed by atoms with Crippen LogP contribution in [0.4, 0.5) is 17.1 Å². The van der Waals surface area contributed by atoms with Crippen LogP contribution in [0.3, 0.4) is 0 Å². The molecular formula is C56H61N. The van der Waals surface area contributed by atoms with Gasteiger partial charge in [-0.15, -0.1) is 0 Å². The Bertz CT molecular complexity index is 2530. The molecular weight excluding hydrogens is 687 g/mol. The maximum atomic E-state index is 2.70. The monoisotopic (exact) mass is 747 g/mol. The van der Waals surface area contributed by atoms with Gasteiger partial charge in [-0.2, -0.15) is 0 Å². The average Bonchev–Trinajstić information content (AvgIpc) is 3.82. The first kappa shape index (κ1) is 34.9. The van der Waals surface area contributed by atoms with Crippen molar-refractivity contribution in [2.45, 2.75) is 134 Å². The van der Waals surface area contributed by atoms with E-state index >= 15 is 0 Å². The zero-order chi connectivity index (χ0) is 39.1. The molecule has 0 aromatic heterocycles. The van der Waals surface area contributed by atoms with Gasteiger partial charge in [0.25, 0.3) is 0 Å². The van der Waals surface area contributed by atoms with Crippen LogP contribution in [0.15, 0.2) is 103 Å². The summed E-state index contributed by atoms with van der Waals surface area (Å²) >= 11 is 0. The summed E-state index contributed by atoms with van der Waals surface area (Å²) in [5, 5.41) is 0. The van der Waals surface area contributed by atoms with Crippen LogP contribution in [0, 0.1) is 29.1 Å². The first-order valence-electron chi connectivity index (χ1n) is 22.6. The van der Waals surface area contributed by atoms with E-state index in [-0.39, 0.29) is 27.1 Å². The highest BCUT2D eigenvalue weighted by Crippen LogP contribution is 2.89. The quantitative estimate of drug-likeness (QED) is 0.177. The molecule has 6 atom stereocenters. The molecule has 0 aliphatic heterocycles. The fraction of sp³-hybridized carbons (Fsp3) is 0.464. The lowest BCUT2D eigenvalue weighted by molar-refractivity contribution is -0.231. The molecule has 1 nitrogen and oxygen atoms in total. The normalized spacial score (nSPS) is 31.6. The summed E-state index contributed by atoms with van der Waals surface area (Å²) in [6.07, 6.45) is 10.7. The van der Waals surface area contributed by atoms with Gasteiger partial charge >= 0.3 is 0 Å². The molecule has 0 amide bonds. The minimum atomic E-state index is 0.0691. The van der Waals surface area contributed by atoms with Gasteiger partial charge in [0.2, 0.25) is 0 Å². The van der Waals surface area contributed by atoms with Gasteiger partial charge in [0.15, 0.2) is 0 Å². The fourth-order valence-corrected chi connectivity index (χ4v) is 15.5. The summed E-state index contributed by atoms with van der Waals surface area (Å²) in [5.41, 5.74) is 20.4. The van der Waals surface area contributed by atoms with Crippen molar-refractivity contribution in [1.29, 1.82) is 0 Å². The van der Waals surface area contributed by atoms with E-state index in [9.17, 15) is 0 Å². The van der Waals surface area contributed by atoms with Gasteiger partial charge in [0, 0.05) is 16.8 Å². The third-order valence-corrected chi connectivity index (χ3v) is 18.2. The summed E-state index contributed by atoms with van der Waals surface area (Å²) in [6.45, 7) is 19.7.